The van der Waals surface area contributed by atoms with Crippen LogP contribution in [-0.4, -0.2) is 15.5 Å². The van der Waals surface area contributed by atoms with Gasteiger partial charge in [0.1, 0.15) is 5.69 Å². The first kappa shape index (κ1) is 16.1. The molecule has 3 aromatic heterocycles. The second-order valence-corrected chi connectivity index (χ2v) is 6.27. The molecule has 0 aliphatic carbocycles. The monoisotopic (exact) mass is 345 g/mol. The van der Waals surface area contributed by atoms with Crippen molar-refractivity contribution in [2.24, 2.45) is 0 Å². The SMILES string of the molecule is Cc1ccccc1Cn1c(C(=O)NCc2cccnc2)cc2ccoc21. The molecular formula is C21H19N3O2. The van der Waals surface area contributed by atoms with Crippen LogP contribution >= 0.6 is 0 Å². The average molecular weight is 345 g/mol. The molecule has 0 radical (unpaired) electrons. The first-order valence-corrected chi connectivity index (χ1v) is 8.51. The molecule has 3 heterocycles. The van der Waals surface area contributed by atoms with Crippen LogP contribution in [0.25, 0.3) is 11.1 Å². The van der Waals surface area contributed by atoms with Crippen LogP contribution in [0, 0.1) is 6.92 Å². The number of fused-ring (bicyclic) bond motifs is 1. The Hall–Kier alpha value is -3.34. The molecule has 0 aliphatic rings. The van der Waals surface area contributed by atoms with Crippen LogP contribution in [0.3, 0.4) is 0 Å². The van der Waals surface area contributed by atoms with Crippen molar-refractivity contribution >= 4 is 17.0 Å². The number of hydrogen-bond donors (Lipinski definition) is 1. The Morgan fingerprint density at radius 2 is 2.08 bits per heavy atom. The van der Waals surface area contributed by atoms with Gasteiger partial charge in [0.05, 0.1) is 12.8 Å². The Kier molecular flexibility index (Phi) is 4.27. The highest BCUT2D eigenvalue weighted by atomic mass is 16.3. The number of aromatic nitrogens is 2. The summed E-state index contributed by atoms with van der Waals surface area (Å²) in [5.41, 5.74) is 4.60. The quantitative estimate of drug-likeness (QED) is 0.596. The summed E-state index contributed by atoms with van der Waals surface area (Å²) < 4.78 is 7.55. The van der Waals surface area contributed by atoms with Gasteiger partial charge in [0.25, 0.3) is 5.91 Å². The molecule has 0 saturated heterocycles. The van der Waals surface area contributed by atoms with Crippen molar-refractivity contribution in [3.05, 3.63) is 89.6 Å². The van der Waals surface area contributed by atoms with Gasteiger partial charge in [-0.1, -0.05) is 30.3 Å². The zero-order valence-corrected chi connectivity index (χ0v) is 14.5. The molecule has 130 valence electrons. The Morgan fingerprint density at radius 1 is 1.19 bits per heavy atom. The van der Waals surface area contributed by atoms with Crippen molar-refractivity contribution in [3.63, 3.8) is 0 Å². The van der Waals surface area contributed by atoms with Crippen molar-refractivity contribution in [2.45, 2.75) is 20.0 Å². The van der Waals surface area contributed by atoms with Crippen LogP contribution < -0.4 is 5.32 Å². The molecule has 5 nitrogen and oxygen atoms in total. The molecule has 0 saturated carbocycles. The summed E-state index contributed by atoms with van der Waals surface area (Å²) >= 11 is 0. The van der Waals surface area contributed by atoms with Crippen molar-refractivity contribution < 1.29 is 9.21 Å². The molecule has 0 fully saturated rings. The van der Waals surface area contributed by atoms with Gasteiger partial charge in [-0.2, -0.15) is 0 Å². The van der Waals surface area contributed by atoms with Gasteiger partial charge in [0.2, 0.25) is 5.71 Å². The van der Waals surface area contributed by atoms with Gasteiger partial charge in [0, 0.05) is 24.3 Å². The van der Waals surface area contributed by atoms with Crippen LogP contribution in [0.5, 0.6) is 0 Å². The van der Waals surface area contributed by atoms with Gasteiger partial charge in [-0.05, 0) is 41.8 Å². The molecule has 0 aliphatic heterocycles. The maximum atomic E-state index is 12.8. The number of carbonyl (C=O) groups excluding carboxylic acids is 1. The van der Waals surface area contributed by atoms with Gasteiger partial charge in [-0.3, -0.25) is 9.78 Å². The lowest BCUT2D eigenvalue weighted by atomic mass is 10.1. The largest absolute Gasteiger partial charge is 0.448 e. The minimum absolute atomic E-state index is 0.131. The molecule has 0 spiro atoms. The summed E-state index contributed by atoms with van der Waals surface area (Å²) in [6.07, 6.45) is 5.11. The van der Waals surface area contributed by atoms with Gasteiger partial charge in [-0.15, -0.1) is 0 Å². The Morgan fingerprint density at radius 3 is 2.88 bits per heavy atom. The van der Waals surface area contributed by atoms with Crippen molar-refractivity contribution in [1.82, 2.24) is 14.9 Å². The van der Waals surface area contributed by atoms with E-state index in [1.807, 2.05) is 41.0 Å². The standard InChI is InChI=1S/C21H19N3O2/c1-15-5-2-3-7-18(15)14-24-19(11-17-8-10-26-21(17)24)20(25)23-13-16-6-4-9-22-12-16/h2-12H,13-14H2,1H3,(H,23,25). The maximum Gasteiger partial charge on any atom is 0.268 e. The van der Waals surface area contributed by atoms with Crippen molar-refractivity contribution in [3.8, 4) is 0 Å². The molecule has 1 amide bonds. The Bertz CT molecular complexity index is 1050. The average Bonchev–Trinajstić information content (AvgIpc) is 3.25. The molecule has 0 bridgehead atoms. The highest BCUT2D eigenvalue weighted by Crippen LogP contribution is 2.23. The first-order chi connectivity index (χ1) is 12.7. The summed E-state index contributed by atoms with van der Waals surface area (Å²) in [5, 5.41) is 3.89. The predicted octanol–water partition coefficient (Wildman–Crippen LogP) is 3.92. The molecule has 0 unspecified atom stereocenters. The molecule has 1 aromatic carbocycles. The third-order valence-electron chi connectivity index (χ3n) is 4.50. The number of benzene rings is 1. The third kappa shape index (κ3) is 3.11. The molecule has 5 heteroatoms. The minimum Gasteiger partial charge on any atom is -0.448 e. The fraction of sp³-hybridized carbons (Fsp3) is 0.143. The topological polar surface area (TPSA) is 60.1 Å². The number of aryl methyl sites for hydroxylation is 1. The predicted molar refractivity (Wildman–Crippen MR) is 99.9 cm³/mol. The van der Waals surface area contributed by atoms with E-state index in [1.54, 1.807) is 18.7 Å². The summed E-state index contributed by atoms with van der Waals surface area (Å²) in [6, 6.07) is 15.7. The number of carbonyl (C=O) groups is 1. The number of nitrogens with one attached hydrogen (secondary N) is 1. The maximum absolute atomic E-state index is 12.8. The van der Waals surface area contributed by atoms with Gasteiger partial charge < -0.3 is 14.3 Å². The van der Waals surface area contributed by atoms with E-state index in [0.29, 0.717) is 24.5 Å². The van der Waals surface area contributed by atoms with E-state index in [4.69, 9.17) is 4.42 Å². The summed E-state index contributed by atoms with van der Waals surface area (Å²) in [5.74, 6) is -0.131. The summed E-state index contributed by atoms with van der Waals surface area (Å²) in [6.45, 7) is 3.09. The summed E-state index contributed by atoms with van der Waals surface area (Å²) in [4.78, 5) is 16.9. The Labute approximate surface area is 151 Å². The zero-order valence-electron chi connectivity index (χ0n) is 14.5. The number of hydrogen-bond acceptors (Lipinski definition) is 3. The van der Waals surface area contributed by atoms with E-state index in [9.17, 15) is 4.79 Å². The lowest BCUT2D eigenvalue weighted by molar-refractivity contribution is 0.0942. The van der Waals surface area contributed by atoms with E-state index in [-0.39, 0.29) is 5.91 Å². The van der Waals surface area contributed by atoms with E-state index in [0.717, 1.165) is 16.5 Å². The van der Waals surface area contributed by atoms with Crippen LogP contribution in [0.2, 0.25) is 0 Å². The Balaban J connectivity index is 1.63. The fourth-order valence-electron chi connectivity index (χ4n) is 3.05. The second kappa shape index (κ2) is 6.88. The lowest BCUT2D eigenvalue weighted by Crippen LogP contribution is -2.25. The molecule has 4 aromatic rings. The second-order valence-electron chi connectivity index (χ2n) is 6.27. The van der Waals surface area contributed by atoms with Gasteiger partial charge in [-0.25, -0.2) is 0 Å². The van der Waals surface area contributed by atoms with Crippen LogP contribution in [0.15, 0.2) is 71.6 Å². The van der Waals surface area contributed by atoms with Crippen LogP contribution in [0.1, 0.15) is 27.2 Å². The van der Waals surface area contributed by atoms with E-state index in [1.165, 1.54) is 5.56 Å². The molecule has 1 N–H and O–H groups in total. The molecule has 0 atom stereocenters. The minimum atomic E-state index is -0.131. The smallest absolute Gasteiger partial charge is 0.268 e. The zero-order chi connectivity index (χ0) is 17.9. The summed E-state index contributed by atoms with van der Waals surface area (Å²) in [7, 11) is 0. The molecule has 26 heavy (non-hydrogen) atoms. The normalized spacial score (nSPS) is 11.0. The number of rotatable bonds is 5. The van der Waals surface area contributed by atoms with Crippen molar-refractivity contribution in [1.29, 1.82) is 0 Å². The van der Waals surface area contributed by atoms with E-state index in [2.05, 4.69) is 29.4 Å². The van der Waals surface area contributed by atoms with Crippen LogP contribution in [-0.2, 0) is 13.1 Å². The number of nitrogens with zero attached hydrogens (tertiary/aromatic N) is 2. The van der Waals surface area contributed by atoms with E-state index < -0.39 is 0 Å². The van der Waals surface area contributed by atoms with Gasteiger partial charge in [0.15, 0.2) is 0 Å². The highest BCUT2D eigenvalue weighted by molar-refractivity contribution is 5.97. The van der Waals surface area contributed by atoms with Crippen LogP contribution in [0.4, 0.5) is 0 Å². The fourth-order valence-corrected chi connectivity index (χ4v) is 3.05. The van der Waals surface area contributed by atoms with Crippen molar-refractivity contribution in [2.75, 3.05) is 0 Å². The molecular weight excluding hydrogens is 326 g/mol. The van der Waals surface area contributed by atoms with E-state index >= 15 is 0 Å². The number of amides is 1. The lowest BCUT2D eigenvalue weighted by Gasteiger charge is -2.12. The number of pyridine rings is 1. The first-order valence-electron chi connectivity index (χ1n) is 8.51. The highest BCUT2D eigenvalue weighted by Gasteiger charge is 2.18. The molecule has 4 rings (SSSR count). The number of furan rings is 1. The third-order valence-corrected chi connectivity index (χ3v) is 4.50. The van der Waals surface area contributed by atoms with Gasteiger partial charge >= 0.3 is 0 Å².